The first-order chi connectivity index (χ1) is 9.33. The molecule has 0 saturated heterocycles. The van der Waals surface area contributed by atoms with E-state index in [0.29, 0.717) is 5.92 Å². The predicted molar refractivity (Wildman–Crippen MR) is 75.9 cm³/mol. The second-order valence-electron chi connectivity index (χ2n) is 5.40. The third-order valence-corrected chi connectivity index (χ3v) is 4.12. The maximum absolute atomic E-state index is 10.4. The molecule has 0 saturated carbocycles. The molecule has 3 rings (SSSR count). The minimum atomic E-state index is -0.254. The highest BCUT2D eigenvalue weighted by Crippen LogP contribution is 2.28. The van der Waals surface area contributed by atoms with Gasteiger partial charge in [-0.1, -0.05) is 24.3 Å². The number of benzene rings is 1. The molecule has 98 valence electrons. The molecule has 0 fully saturated rings. The number of aliphatic hydroxyl groups is 1. The number of hydrogen-bond donors (Lipinski definition) is 1. The highest BCUT2D eigenvalue weighted by molar-refractivity contribution is 5.30. The van der Waals surface area contributed by atoms with Crippen molar-refractivity contribution in [1.82, 2.24) is 4.98 Å². The number of aryl methyl sites for hydroxylation is 1. The number of fused-ring (bicyclic) bond motifs is 1. The Hall–Kier alpha value is -1.67. The lowest BCUT2D eigenvalue weighted by atomic mass is 9.79. The van der Waals surface area contributed by atoms with Gasteiger partial charge in [0.05, 0.1) is 6.10 Å². The fraction of sp³-hybridized carbons (Fsp3) is 0.353. The Morgan fingerprint density at radius 1 is 1.11 bits per heavy atom. The van der Waals surface area contributed by atoms with Gasteiger partial charge in [0.2, 0.25) is 0 Å². The van der Waals surface area contributed by atoms with E-state index in [1.165, 1.54) is 16.7 Å². The first-order valence-electron chi connectivity index (χ1n) is 6.96. The summed E-state index contributed by atoms with van der Waals surface area (Å²) in [5.74, 6) is 0.378. The monoisotopic (exact) mass is 253 g/mol. The van der Waals surface area contributed by atoms with E-state index in [0.717, 1.165) is 25.7 Å². The molecule has 1 aromatic heterocycles. The minimum absolute atomic E-state index is 0.254. The van der Waals surface area contributed by atoms with E-state index in [1.807, 2.05) is 12.1 Å². The van der Waals surface area contributed by atoms with Crippen molar-refractivity contribution in [3.63, 3.8) is 0 Å². The van der Waals surface area contributed by atoms with Crippen molar-refractivity contribution in [2.24, 2.45) is 5.92 Å². The van der Waals surface area contributed by atoms with Crippen molar-refractivity contribution in [3.05, 3.63) is 65.5 Å². The summed E-state index contributed by atoms with van der Waals surface area (Å²) < 4.78 is 0. The molecule has 0 bridgehead atoms. The van der Waals surface area contributed by atoms with Gasteiger partial charge in [-0.15, -0.1) is 0 Å². The summed E-state index contributed by atoms with van der Waals surface area (Å²) in [5, 5.41) is 10.4. The van der Waals surface area contributed by atoms with Crippen molar-refractivity contribution in [2.45, 2.75) is 31.8 Å². The molecule has 2 heteroatoms. The van der Waals surface area contributed by atoms with Gasteiger partial charge in [-0.05, 0) is 60.4 Å². The molecule has 1 aliphatic rings. The summed E-state index contributed by atoms with van der Waals surface area (Å²) in [6.45, 7) is 0. The maximum atomic E-state index is 10.4. The molecule has 1 heterocycles. The van der Waals surface area contributed by atoms with Crippen LogP contribution in [-0.4, -0.2) is 16.2 Å². The van der Waals surface area contributed by atoms with E-state index >= 15 is 0 Å². The van der Waals surface area contributed by atoms with Gasteiger partial charge < -0.3 is 5.11 Å². The van der Waals surface area contributed by atoms with Crippen LogP contribution in [0.3, 0.4) is 0 Å². The molecule has 1 N–H and O–H groups in total. The Kier molecular flexibility index (Phi) is 3.60. The Labute approximate surface area is 114 Å². The Bertz CT molecular complexity index is 538. The van der Waals surface area contributed by atoms with Crippen LogP contribution in [-0.2, 0) is 19.3 Å². The Balaban J connectivity index is 1.68. The van der Waals surface area contributed by atoms with Gasteiger partial charge in [0, 0.05) is 12.4 Å². The van der Waals surface area contributed by atoms with Gasteiger partial charge in [0.15, 0.2) is 0 Å². The van der Waals surface area contributed by atoms with Gasteiger partial charge in [-0.25, -0.2) is 0 Å². The summed E-state index contributed by atoms with van der Waals surface area (Å²) >= 11 is 0. The maximum Gasteiger partial charge on any atom is 0.0612 e. The van der Waals surface area contributed by atoms with E-state index in [4.69, 9.17) is 0 Å². The average Bonchev–Trinajstić information content (AvgIpc) is 2.48. The zero-order valence-electron chi connectivity index (χ0n) is 11.0. The molecule has 1 aliphatic carbocycles. The first kappa shape index (κ1) is 12.4. The SMILES string of the molecule is OC(Cc1ccncc1)C1CCc2ccccc2C1. The molecule has 2 unspecified atom stereocenters. The average molecular weight is 253 g/mol. The third kappa shape index (κ3) is 2.85. The molecular formula is C17H19NO. The van der Waals surface area contributed by atoms with Gasteiger partial charge in [-0.3, -0.25) is 4.98 Å². The summed E-state index contributed by atoms with van der Waals surface area (Å²) in [4.78, 5) is 4.01. The number of pyridine rings is 1. The van der Waals surface area contributed by atoms with Crippen molar-refractivity contribution >= 4 is 0 Å². The van der Waals surface area contributed by atoms with Crippen molar-refractivity contribution in [2.75, 3.05) is 0 Å². The topological polar surface area (TPSA) is 33.1 Å². The minimum Gasteiger partial charge on any atom is -0.392 e. The molecule has 0 aliphatic heterocycles. The summed E-state index contributed by atoms with van der Waals surface area (Å²) in [5.41, 5.74) is 4.03. The number of aliphatic hydroxyl groups excluding tert-OH is 1. The number of aromatic nitrogens is 1. The Morgan fingerprint density at radius 3 is 2.63 bits per heavy atom. The standard InChI is InChI=1S/C17H19NO/c19-17(11-13-7-9-18-10-8-13)16-6-5-14-3-1-2-4-15(14)12-16/h1-4,7-10,16-17,19H,5-6,11-12H2. The van der Waals surface area contributed by atoms with Gasteiger partial charge in [-0.2, -0.15) is 0 Å². The first-order valence-corrected chi connectivity index (χ1v) is 6.96. The van der Waals surface area contributed by atoms with Crippen LogP contribution in [0, 0.1) is 5.92 Å². The van der Waals surface area contributed by atoms with Crippen molar-refractivity contribution in [3.8, 4) is 0 Å². The molecule has 0 radical (unpaired) electrons. The zero-order valence-corrected chi connectivity index (χ0v) is 11.0. The zero-order chi connectivity index (χ0) is 13.1. The lowest BCUT2D eigenvalue weighted by molar-refractivity contribution is 0.0993. The summed E-state index contributed by atoms with van der Waals surface area (Å²) in [6, 6.07) is 12.6. The number of nitrogens with zero attached hydrogens (tertiary/aromatic N) is 1. The van der Waals surface area contributed by atoms with Gasteiger partial charge in [0.25, 0.3) is 0 Å². The Morgan fingerprint density at radius 2 is 1.84 bits per heavy atom. The predicted octanol–water partition coefficient (Wildman–Crippen LogP) is 2.79. The molecule has 2 nitrogen and oxygen atoms in total. The van der Waals surface area contributed by atoms with Gasteiger partial charge in [0.1, 0.15) is 0 Å². The second-order valence-corrected chi connectivity index (χ2v) is 5.40. The molecule has 1 aromatic carbocycles. The van der Waals surface area contributed by atoms with E-state index < -0.39 is 0 Å². The molecule has 19 heavy (non-hydrogen) atoms. The van der Waals surface area contributed by atoms with E-state index in [-0.39, 0.29) is 6.10 Å². The molecular weight excluding hydrogens is 234 g/mol. The summed E-state index contributed by atoms with van der Waals surface area (Å²) in [7, 11) is 0. The van der Waals surface area contributed by atoms with E-state index in [1.54, 1.807) is 12.4 Å². The fourth-order valence-electron chi connectivity index (χ4n) is 2.98. The highest BCUT2D eigenvalue weighted by Gasteiger charge is 2.24. The number of hydrogen-bond acceptors (Lipinski definition) is 2. The van der Waals surface area contributed by atoms with E-state index in [2.05, 4.69) is 29.2 Å². The van der Waals surface area contributed by atoms with Crippen LogP contribution in [0.25, 0.3) is 0 Å². The fourth-order valence-corrected chi connectivity index (χ4v) is 2.98. The molecule has 0 spiro atoms. The molecule has 2 atom stereocenters. The highest BCUT2D eigenvalue weighted by atomic mass is 16.3. The molecule has 2 aromatic rings. The summed E-state index contributed by atoms with van der Waals surface area (Å²) in [6.07, 6.45) is 7.24. The van der Waals surface area contributed by atoms with Crippen LogP contribution >= 0.6 is 0 Å². The lowest BCUT2D eigenvalue weighted by Crippen LogP contribution is -2.28. The van der Waals surface area contributed by atoms with Crippen LogP contribution in [0.4, 0.5) is 0 Å². The van der Waals surface area contributed by atoms with Gasteiger partial charge >= 0.3 is 0 Å². The van der Waals surface area contributed by atoms with Crippen molar-refractivity contribution < 1.29 is 5.11 Å². The van der Waals surface area contributed by atoms with Crippen LogP contribution in [0.2, 0.25) is 0 Å². The van der Waals surface area contributed by atoms with Crippen LogP contribution in [0.15, 0.2) is 48.8 Å². The van der Waals surface area contributed by atoms with Crippen molar-refractivity contribution in [1.29, 1.82) is 0 Å². The number of rotatable bonds is 3. The molecule has 0 amide bonds. The smallest absolute Gasteiger partial charge is 0.0612 e. The van der Waals surface area contributed by atoms with Crippen LogP contribution in [0.1, 0.15) is 23.1 Å². The second kappa shape index (κ2) is 5.54. The van der Waals surface area contributed by atoms with Crippen LogP contribution in [0.5, 0.6) is 0 Å². The lowest BCUT2D eigenvalue weighted by Gasteiger charge is -2.28. The van der Waals surface area contributed by atoms with E-state index in [9.17, 15) is 5.11 Å². The largest absolute Gasteiger partial charge is 0.392 e. The quantitative estimate of drug-likeness (QED) is 0.912. The normalized spacial score (nSPS) is 19.7. The third-order valence-electron chi connectivity index (χ3n) is 4.12. The van der Waals surface area contributed by atoms with Crippen LogP contribution < -0.4 is 0 Å².